The number of aromatic amines is 1. The largest absolute Gasteiger partial charge is 0.490 e. The summed E-state index contributed by atoms with van der Waals surface area (Å²) in [5, 5.41) is 18.9. The zero-order chi connectivity index (χ0) is 20.8. The maximum atomic E-state index is 12.1. The minimum absolute atomic E-state index is 0.0169. The first kappa shape index (κ1) is 20.6. The maximum absolute atomic E-state index is 12.1. The number of ether oxygens (including phenoxy) is 3. The molecule has 1 aromatic carbocycles. The van der Waals surface area contributed by atoms with Gasteiger partial charge in [0.05, 0.1) is 18.7 Å². The zero-order valence-electron chi connectivity index (χ0n) is 15.0. The molecule has 28 heavy (non-hydrogen) atoms. The second kappa shape index (κ2) is 8.80. The van der Waals surface area contributed by atoms with Gasteiger partial charge in [0.1, 0.15) is 29.1 Å². The number of nitrogens with one attached hydrogen (secondary N) is 1. The highest BCUT2D eigenvalue weighted by Gasteiger charge is 2.22. The quantitative estimate of drug-likeness (QED) is 0.695. The third-order valence-corrected chi connectivity index (χ3v) is 3.96. The highest BCUT2D eigenvalue weighted by atomic mass is 35.5. The Labute approximate surface area is 164 Å². The SMILES string of the molecule is CCOc1cc(-c2c(C#N)c(N)[nH]c(=O)c2C#N)c(Cl)cc1OCC(=O)OC. The van der Waals surface area contributed by atoms with Crippen LogP contribution in [-0.4, -0.2) is 31.3 Å². The molecule has 1 aromatic heterocycles. The number of nitriles is 2. The monoisotopic (exact) mass is 402 g/mol. The van der Waals surface area contributed by atoms with Crippen LogP contribution < -0.4 is 20.8 Å². The number of pyridine rings is 1. The van der Waals surface area contributed by atoms with Crippen molar-refractivity contribution in [1.29, 1.82) is 10.5 Å². The summed E-state index contributed by atoms with van der Waals surface area (Å²) in [6.45, 7) is 1.60. The van der Waals surface area contributed by atoms with Crippen molar-refractivity contribution in [2.24, 2.45) is 0 Å². The molecule has 0 aliphatic heterocycles. The number of halogens is 1. The fourth-order valence-electron chi connectivity index (χ4n) is 2.42. The van der Waals surface area contributed by atoms with Gasteiger partial charge in [0.15, 0.2) is 18.1 Å². The molecule has 0 amide bonds. The van der Waals surface area contributed by atoms with E-state index < -0.39 is 11.5 Å². The molecule has 0 aliphatic rings. The van der Waals surface area contributed by atoms with Crippen LogP contribution in [0.3, 0.4) is 0 Å². The number of nitrogens with zero attached hydrogens (tertiary/aromatic N) is 2. The first-order valence-corrected chi connectivity index (χ1v) is 8.27. The number of nitrogen functional groups attached to an aromatic ring is 1. The Balaban J connectivity index is 2.73. The molecule has 2 aromatic rings. The molecule has 3 N–H and O–H groups in total. The van der Waals surface area contributed by atoms with Crippen LogP contribution in [0.4, 0.5) is 5.82 Å². The summed E-state index contributed by atoms with van der Waals surface area (Å²) in [5.41, 5.74) is 4.71. The number of rotatable bonds is 6. The van der Waals surface area contributed by atoms with Gasteiger partial charge in [0.2, 0.25) is 0 Å². The Morgan fingerprint density at radius 2 is 1.86 bits per heavy atom. The first-order valence-electron chi connectivity index (χ1n) is 7.90. The van der Waals surface area contributed by atoms with Crippen molar-refractivity contribution in [3.05, 3.63) is 38.6 Å². The smallest absolute Gasteiger partial charge is 0.343 e. The number of carbonyl (C=O) groups excluding carboxylic acids is 1. The van der Waals surface area contributed by atoms with Gasteiger partial charge in [-0.2, -0.15) is 10.5 Å². The molecular formula is C18H15ClN4O5. The fourth-order valence-corrected chi connectivity index (χ4v) is 2.66. The summed E-state index contributed by atoms with van der Waals surface area (Å²) in [4.78, 5) is 25.7. The Kier molecular flexibility index (Phi) is 6.48. The minimum Gasteiger partial charge on any atom is -0.490 e. The lowest BCUT2D eigenvalue weighted by molar-refractivity contribution is -0.142. The molecule has 9 nitrogen and oxygen atoms in total. The molecule has 0 radical (unpaired) electrons. The molecule has 1 heterocycles. The number of hydrogen-bond acceptors (Lipinski definition) is 8. The van der Waals surface area contributed by atoms with Crippen molar-refractivity contribution < 1.29 is 19.0 Å². The van der Waals surface area contributed by atoms with Crippen molar-refractivity contribution in [3.8, 4) is 34.8 Å². The van der Waals surface area contributed by atoms with Crippen molar-refractivity contribution >= 4 is 23.4 Å². The molecule has 10 heteroatoms. The van der Waals surface area contributed by atoms with Gasteiger partial charge in [-0.1, -0.05) is 11.6 Å². The van der Waals surface area contributed by atoms with E-state index in [1.807, 2.05) is 6.07 Å². The minimum atomic E-state index is -0.756. The topological polar surface area (TPSA) is 151 Å². The van der Waals surface area contributed by atoms with Gasteiger partial charge >= 0.3 is 5.97 Å². The van der Waals surface area contributed by atoms with Crippen LogP contribution in [0.5, 0.6) is 11.5 Å². The molecule has 0 unspecified atom stereocenters. The van der Waals surface area contributed by atoms with E-state index in [1.165, 1.54) is 19.2 Å². The number of methoxy groups -OCH3 is 1. The number of H-pyrrole nitrogens is 1. The number of esters is 1. The third kappa shape index (κ3) is 4.00. The number of benzene rings is 1. The predicted molar refractivity (Wildman–Crippen MR) is 100 cm³/mol. The van der Waals surface area contributed by atoms with E-state index in [2.05, 4.69) is 9.72 Å². The molecule has 0 fully saturated rings. The first-order chi connectivity index (χ1) is 13.4. The Bertz CT molecular complexity index is 1070. The number of hydrogen-bond donors (Lipinski definition) is 2. The molecule has 144 valence electrons. The van der Waals surface area contributed by atoms with Crippen LogP contribution in [0, 0.1) is 22.7 Å². The molecule has 2 rings (SSSR count). The van der Waals surface area contributed by atoms with Crippen LogP contribution >= 0.6 is 11.6 Å². The lowest BCUT2D eigenvalue weighted by atomic mass is 9.96. The standard InChI is InChI=1S/C18H15ClN4O5/c1-3-27-13-4-9(12(19)5-14(13)28-8-15(24)26-2)16-10(6-20)17(22)23-18(25)11(16)7-21/h4-5H,3,8H2,1-2H3,(H3,22,23,25). The van der Waals surface area contributed by atoms with Crippen LogP contribution in [0.1, 0.15) is 18.1 Å². The molecule has 0 aliphatic carbocycles. The molecule has 0 atom stereocenters. The summed E-state index contributed by atoms with van der Waals surface area (Å²) in [7, 11) is 1.22. The van der Waals surface area contributed by atoms with Gasteiger partial charge in [0.25, 0.3) is 5.56 Å². The third-order valence-electron chi connectivity index (χ3n) is 3.64. The summed E-state index contributed by atoms with van der Waals surface area (Å²) < 4.78 is 15.4. The fraction of sp³-hybridized carbons (Fsp3) is 0.222. The van der Waals surface area contributed by atoms with Gasteiger partial charge in [0, 0.05) is 17.2 Å². The maximum Gasteiger partial charge on any atom is 0.343 e. The van der Waals surface area contributed by atoms with E-state index in [9.17, 15) is 20.1 Å². The lowest BCUT2D eigenvalue weighted by Crippen LogP contribution is -2.16. The highest BCUT2D eigenvalue weighted by Crippen LogP contribution is 2.41. The van der Waals surface area contributed by atoms with Gasteiger partial charge in [-0.05, 0) is 13.0 Å². The van der Waals surface area contributed by atoms with E-state index in [-0.39, 0.29) is 57.8 Å². The highest BCUT2D eigenvalue weighted by molar-refractivity contribution is 6.33. The molecule has 0 saturated heterocycles. The van der Waals surface area contributed by atoms with E-state index in [1.54, 1.807) is 13.0 Å². The van der Waals surface area contributed by atoms with E-state index in [4.69, 9.17) is 26.8 Å². The molecule has 0 saturated carbocycles. The van der Waals surface area contributed by atoms with Crippen molar-refractivity contribution in [2.75, 3.05) is 26.1 Å². The van der Waals surface area contributed by atoms with Crippen LogP contribution in [0.15, 0.2) is 16.9 Å². The van der Waals surface area contributed by atoms with Crippen LogP contribution in [0.25, 0.3) is 11.1 Å². The zero-order valence-corrected chi connectivity index (χ0v) is 15.7. The Morgan fingerprint density at radius 1 is 1.21 bits per heavy atom. The van der Waals surface area contributed by atoms with E-state index in [0.717, 1.165) is 0 Å². The number of anilines is 1. The van der Waals surface area contributed by atoms with E-state index >= 15 is 0 Å². The van der Waals surface area contributed by atoms with Crippen LogP contribution in [0.2, 0.25) is 5.02 Å². The van der Waals surface area contributed by atoms with Gasteiger partial charge in [-0.25, -0.2) is 4.79 Å². The molecular weight excluding hydrogens is 388 g/mol. The predicted octanol–water partition coefficient (Wildman–Crippen LogP) is 1.97. The molecule has 0 bridgehead atoms. The summed E-state index contributed by atoms with van der Waals surface area (Å²) in [6, 6.07) is 6.39. The summed E-state index contributed by atoms with van der Waals surface area (Å²) in [5.74, 6) is -0.460. The van der Waals surface area contributed by atoms with Gasteiger partial charge in [-0.15, -0.1) is 0 Å². The Hall–Kier alpha value is -3.69. The summed E-state index contributed by atoms with van der Waals surface area (Å²) >= 11 is 6.32. The lowest BCUT2D eigenvalue weighted by Gasteiger charge is -2.16. The average Bonchev–Trinajstić information content (AvgIpc) is 2.67. The van der Waals surface area contributed by atoms with Crippen molar-refractivity contribution in [2.45, 2.75) is 6.92 Å². The second-order valence-electron chi connectivity index (χ2n) is 5.29. The molecule has 0 spiro atoms. The number of nitrogens with two attached hydrogens (primary N) is 1. The second-order valence-corrected chi connectivity index (χ2v) is 5.70. The van der Waals surface area contributed by atoms with Crippen LogP contribution in [-0.2, 0) is 9.53 Å². The van der Waals surface area contributed by atoms with Crippen molar-refractivity contribution in [1.82, 2.24) is 4.98 Å². The van der Waals surface area contributed by atoms with Crippen molar-refractivity contribution in [3.63, 3.8) is 0 Å². The average molecular weight is 403 g/mol. The number of carbonyl (C=O) groups is 1. The summed E-state index contributed by atoms with van der Waals surface area (Å²) in [6.07, 6.45) is 0. The number of aromatic nitrogens is 1. The normalized spacial score (nSPS) is 9.89. The Morgan fingerprint density at radius 3 is 2.43 bits per heavy atom. The van der Waals surface area contributed by atoms with Gasteiger partial charge < -0.3 is 24.9 Å². The van der Waals surface area contributed by atoms with Gasteiger partial charge in [-0.3, -0.25) is 4.79 Å². The van der Waals surface area contributed by atoms with E-state index in [0.29, 0.717) is 0 Å².